The van der Waals surface area contributed by atoms with Crippen LogP contribution in [-0.2, 0) is 22.4 Å². The molecule has 10 heteroatoms. The van der Waals surface area contributed by atoms with Gasteiger partial charge in [-0.05, 0) is 91.7 Å². The van der Waals surface area contributed by atoms with Crippen molar-refractivity contribution in [1.82, 2.24) is 20.3 Å². The van der Waals surface area contributed by atoms with Crippen LogP contribution in [0.1, 0.15) is 83.7 Å². The Balaban J connectivity index is 0.000000162. The highest BCUT2D eigenvalue weighted by Gasteiger charge is 2.34. The van der Waals surface area contributed by atoms with Crippen molar-refractivity contribution in [3.05, 3.63) is 129 Å². The molecule has 2 aromatic carbocycles. The largest absolute Gasteiger partial charge is 0.627 e. The van der Waals surface area contributed by atoms with Gasteiger partial charge in [-0.3, -0.25) is 14.6 Å². The maximum Gasteiger partial charge on any atom is 0.224 e. The van der Waals surface area contributed by atoms with Crippen LogP contribution >= 0.6 is 0 Å². The zero-order chi connectivity index (χ0) is 36.2. The molecule has 4 aromatic rings. The minimum Gasteiger partial charge on any atom is -0.627 e. The van der Waals surface area contributed by atoms with Gasteiger partial charge in [-0.1, -0.05) is 48.5 Å². The molecule has 8 rings (SSSR count). The van der Waals surface area contributed by atoms with Crippen LogP contribution in [-0.4, -0.2) is 55.1 Å². The molecule has 10 nitrogen and oxygen atoms in total. The number of quaternary nitrogens is 1. The van der Waals surface area contributed by atoms with Gasteiger partial charge >= 0.3 is 0 Å². The molecule has 0 bridgehead atoms. The molecule has 0 radical (unpaired) electrons. The fourth-order valence-electron chi connectivity index (χ4n) is 7.56. The summed E-state index contributed by atoms with van der Waals surface area (Å²) in [6.45, 7) is 6.30. The van der Waals surface area contributed by atoms with Crippen LogP contribution in [0.25, 0.3) is 0 Å². The van der Waals surface area contributed by atoms with E-state index in [9.17, 15) is 20.0 Å². The van der Waals surface area contributed by atoms with Gasteiger partial charge in [0.25, 0.3) is 0 Å². The summed E-state index contributed by atoms with van der Waals surface area (Å²) in [7, 11) is 0. The fraction of sp³-hybridized carbons (Fsp3) is 0.429. The van der Waals surface area contributed by atoms with Crippen molar-refractivity contribution in [2.75, 3.05) is 31.1 Å². The highest BCUT2D eigenvalue weighted by Crippen LogP contribution is 2.40. The molecular weight excluding hydrogens is 652 g/mol. The first-order chi connectivity index (χ1) is 25.1. The van der Waals surface area contributed by atoms with Crippen LogP contribution in [0.15, 0.2) is 85.5 Å². The van der Waals surface area contributed by atoms with Crippen LogP contribution in [0.3, 0.4) is 0 Å². The van der Waals surface area contributed by atoms with Gasteiger partial charge in [-0.25, -0.2) is 0 Å². The summed E-state index contributed by atoms with van der Waals surface area (Å²) in [4.78, 5) is 31.0. The quantitative estimate of drug-likeness (QED) is 0.125. The molecule has 2 aliphatic heterocycles. The molecule has 1 unspecified atom stereocenters. The first-order valence-electron chi connectivity index (χ1n) is 18.8. The Labute approximate surface area is 306 Å². The van der Waals surface area contributed by atoms with Crippen molar-refractivity contribution in [3.8, 4) is 0 Å². The molecule has 2 saturated heterocycles. The maximum atomic E-state index is 13.1. The summed E-state index contributed by atoms with van der Waals surface area (Å²) in [5.41, 5.74) is 8.39. The van der Waals surface area contributed by atoms with Crippen molar-refractivity contribution in [3.63, 3.8) is 0 Å². The number of pyridine rings is 2. The second-order valence-corrected chi connectivity index (χ2v) is 15.4. The van der Waals surface area contributed by atoms with E-state index in [0.29, 0.717) is 38.0 Å². The van der Waals surface area contributed by atoms with E-state index in [0.717, 1.165) is 64.0 Å². The fourth-order valence-corrected chi connectivity index (χ4v) is 7.56. The number of nitrogens with one attached hydrogen (secondary N) is 2. The number of amides is 2. The number of benzene rings is 2. The summed E-state index contributed by atoms with van der Waals surface area (Å²) in [5.74, 6) is 1.54. The number of nitrogens with zero attached hydrogens (tertiary/aromatic N) is 4. The molecule has 4 heterocycles. The number of rotatable bonds is 10. The number of hydrogen-bond acceptors (Lipinski definition) is 6. The van der Waals surface area contributed by atoms with Crippen LogP contribution < -0.4 is 24.9 Å². The number of hydroxylamine groups is 2. The van der Waals surface area contributed by atoms with E-state index in [1.54, 1.807) is 24.8 Å². The first kappa shape index (κ1) is 35.6. The molecule has 0 spiro atoms. The standard InChI is InChI=1S/2C21H25N3O2/c1-15-10-20(13-22-12-15)24(26)9-8-19(14-24)23-21(25)11-16-2-4-17(5-3-16)18-6-7-18;1-15-10-20(14-24(26)12-15)23-9-8-19(13-23)22-21(25)11-16-2-4-17(5-3-16)18-6-7-18/h2-5,10,12-13,18-19H,6-9,11,14H2,1H3,(H,23,25);2-5,10,12,14,18-19H,6-9,11,13H2,1H3,(H,22,25)/t19-,24?;19-/m11/s1. The SMILES string of the molecule is Cc1cc(N2CC[C@@H](NC(=O)Cc3ccc(C4CC4)cc3)C2)c[n+]([O-])c1.Cc1cncc([N+]2([O-])CC[C@@H](NC(=O)Cc3ccc(C4CC4)cc3)C2)c1. The normalized spacial score (nSPS) is 22.4. The lowest BCUT2D eigenvalue weighted by molar-refractivity contribution is -0.605. The molecular formula is C42H50N6O4. The van der Waals surface area contributed by atoms with E-state index < -0.39 is 4.65 Å². The second kappa shape index (κ2) is 15.4. The maximum absolute atomic E-state index is 13.1. The van der Waals surface area contributed by atoms with E-state index in [1.165, 1.54) is 36.8 Å². The van der Waals surface area contributed by atoms with Crippen molar-refractivity contribution in [1.29, 1.82) is 0 Å². The smallest absolute Gasteiger partial charge is 0.224 e. The molecule has 2 aromatic heterocycles. The van der Waals surface area contributed by atoms with Crippen LogP contribution in [0, 0.1) is 24.3 Å². The van der Waals surface area contributed by atoms with E-state index in [1.807, 2.05) is 38.1 Å². The van der Waals surface area contributed by atoms with Gasteiger partial charge in [0.1, 0.15) is 12.2 Å². The van der Waals surface area contributed by atoms with E-state index >= 15 is 0 Å². The highest BCUT2D eigenvalue weighted by molar-refractivity contribution is 5.79. The minimum atomic E-state index is -0.407. The number of carbonyl (C=O) groups excluding carboxylic acids is 2. The molecule has 4 fully saturated rings. The van der Waals surface area contributed by atoms with Crippen molar-refractivity contribution < 1.29 is 14.3 Å². The summed E-state index contributed by atoms with van der Waals surface area (Å²) in [6.07, 6.45) is 14.1. The molecule has 2 amide bonds. The third-order valence-electron chi connectivity index (χ3n) is 10.7. The lowest BCUT2D eigenvalue weighted by Crippen LogP contribution is -2.45. The van der Waals surface area contributed by atoms with Crippen LogP contribution in [0.5, 0.6) is 0 Å². The van der Waals surface area contributed by atoms with Gasteiger partial charge in [0.2, 0.25) is 18.0 Å². The summed E-state index contributed by atoms with van der Waals surface area (Å²) in [6, 6.07) is 20.8. The lowest BCUT2D eigenvalue weighted by atomic mass is 10.1. The zero-order valence-electron chi connectivity index (χ0n) is 30.3. The average Bonchev–Trinajstić information content (AvgIpc) is 4.05. The Hall–Kier alpha value is -4.80. The van der Waals surface area contributed by atoms with Gasteiger partial charge in [-0.15, -0.1) is 0 Å². The molecule has 2 N–H and O–H groups in total. The number of carbonyl (C=O) groups is 2. The Bertz CT molecular complexity index is 1850. The van der Waals surface area contributed by atoms with Crippen molar-refractivity contribution in [2.24, 2.45) is 0 Å². The lowest BCUT2D eigenvalue weighted by Gasteiger charge is -2.37. The van der Waals surface area contributed by atoms with Crippen LogP contribution in [0.4, 0.5) is 11.4 Å². The second-order valence-electron chi connectivity index (χ2n) is 15.4. The van der Waals surface area contributed by atoms with E-state index in [4.69, 9.17) is 0 Å². The molecule has 52 heavy (non-hydrogen) atoms. The Morgan fingerprint density at radius 1 is 0.788 bits per heavy atom. The minimum absolute atomic E-state index is 0.00927. The van der Waals surface area contributed by atoms with Crippen molar-refractivity contribution in [2.45, 2.75) is 89.1 Å². The predicted molar refractivity (Wildman–Crippen MR) is 204 cm³/mol. The Morgan fingerprint density at radius 2 is 1.38 bits per heavy atom. The molecule has 2 aliphatic carbocycles. The van der Waals surface area contributed by atoms with Gasteiger partial charge < -0.3 is 30.6 Å². The van der Waals surface area contributed by atoms with Crippen molar-refractivity contribution >= 4 is 23.2 Å². The monoisotopic (exact) mass is 702 g/mol. The summed E-state index contributed by atoms with van der Waals surface area (Å²) < 4.78 is 0.442. The number of anilines is 1. The summed E-state index contributed by atoms with van der Waals surface area (Å²) >= 11 is 0. The van der Waals surface area contributed by atoms with E-state index in [2.05, 4.69) is 56.9 Å². The van der Waals surface area contributed by atoms with Gasteiger partial charge in [0.15, 0.2) is 11.9 Å². The number of aromatic nitrogens is 2. The number of aryl methyl sites for hydroxylation is 2. The van der Waals surface area contributed by atoms with E-state index in [-0.39, 0.29) is 23.9 Å². The first-order valence-corrected chi connectivity index (χ1v) is 18.8. The Morgan fingerprint density at radius 3 is 1.94 bits per heavy atom. The number of hydrogen-bond donors (Lipinski definition) is 2. The third-order valence-corrected chi connectivity index (χ3v) is 10.7. The average molecular weight is 703 g/mol. The topological polar surface area (TPSA) is 124 Å². The van der Waals surface area contributed by atoms with Crippen LogP contribution in [0.2, 0.25) is 0 Å². The zero-order valence-corrected chi connectivity index (χ0v) is 30.3. The third kappa shape index (κ3) is 9.35. The Kier molecular flexibility index (Phi) is 10.6. The molecule has 2 saturated carbocycles. The van der Waals surface area contributed by atoms with Gasteiger partial charge in [0, 0.05) is 43.4 Å². The molecule has 3 atom stereocenters. The predicted octanol–water partition coefficient (Wildman–Crippen LogP) is 5.65. The summed E-state index contributed by atoms with van der Waals surface area (Å²) in [5, 5.41) is 30.9. The highest BCUT2D eigenvalue weighted by atomic mass is 16.5. The molecule has 272 valence electrons. The van der Waals surface area contributed by atoms with Gasteiger partial charge in [-0.2, -0.15) is 4.73 Å². The molecule has 4 aliphatic rings. The van der Waals surface area contributed by atoms with Gasteiger partial charge in [0.05, 0.1) is 31.6 Å².